The molecule has 0 bridgehead atoms. The van der Waals surface area contributed by atoms with Gasteiger partial charge in [0.2, 0.25) is 0 Å². The third-order valence-corrected chi connectivity index (χ3v) is 7.41. The van der Waals surface area contributed by atoms with Crippen molar-refractivity contribution in [1.82, 2.24) is 14.3 Å². The van der Waals surface area contributed by atoms with Gasteiger partial charge in [-0.05, 0) is 36.1 Å². The van der Waals surface area contributed by atoms with E-state index in [0.29, 0.717) is 23.4 Å². The van der Waals surface area contributed by atoms with Gasteiger partial charge in [-0.2, -0.15) is 5.10 Å². The number of nitrogens with one attached hydrogen (secondary N) is 1. The lowest BCUT2D eigenvalue weighted by molar-refractivity contribution is -0.121. The van der Waals surface area contributed by atoms with E-state index in [1.165, 1.54) is 30.3 Å². The molecule has 0 spiro atoms. The molecule has 202 valence electrons. The third kappa shape index (κ3) is 5.83. The number of carbonyl (C=O) groups excluding carboxylic acids is 3. The van der Waals surface area contributed by atoms with Crippen molar-refractivity contribution < 1.29 is 27.5 Å². The number of nitrogens with zero attached hydrogens (tertiary/aromatic N) is 2. The highest BCUT2D eigenvalue weighted by molar-refractivity contribution is 7.90. The predicted molar refractivity (Wildman–Crippen MR) is 144 cm³/mol. The Kier molecular flexibility index (Phi) is 7.82. The van der Waals surface area contributed by atoms with Crippen molar-refractivity contribution in [2.75, 3.05) is 6.61 Å². The van der Waals surface area contributed by atoms with Crippen LogP contribution in [-0.4, -0.2) is 42.2 Å². The highest BCUT2D eigenvalue weighted by Crippen LogP contribution is 2.36. The van der Waals surface area contributed by atoms with Crippen LogP contribution in [0.5, 0.6) is 5.75 Å². The van der Waals surface area contributed by atoms with E-state index in [0.717, 1.165) is 5.56 Å². The number of hydrogen-bond acceptors (Lipinski definition) is 7. The van der Waals surface area contributed by atoms with Crippen LogP contribution in [0.3, 0.4) is 0 Å². The van der Waals surface area contributed by atoms with Crippen LogP contribution in [0.25, 0.3) is 5.52 Å². The maximum Gasteiger partial charge on any atom is 0.289 e. The Labute approximate surface area is 225 Å². The van der Waals surface area contributed by atoms with Crippen molar-refractivity contribution in [3.05, 3.63) is 94.8 Å². The zero-order chi connectivity index (χ0) is 28.3. The van der Waals surface area contributed by atoms with Crippen LogP contribution < -0.4 is 15.2 Å². The van der Waals surface area contributed by atoms with E-state index < -0.39 is 34.2 Å². The summed E-state index contributed by atoms with van der Waals surface area (Å²) >= 11 is 0. The van der Waals surface area contributed by atoms with Crippen molar-refractivity contribution in [3.8, 4) is 5.75 Å². The van der Waals surface area contributed by atoms with Crippen LogP contribution in [0.2, 0.25) is 0 Å². The number of sulfonamides is 1. The molecule has 0 atom stereocenters. The molecule has 0 aliphatic carbocycles. The maximum absolute atomic E-state index is 13.1. The summed E-state index contributed by atoms with van der Waals surface area (Å²) in [5.41, 5.74) is 8.36. The number of carbonyl (C=O) groups is 3. The van der Waals surface area contributed by atoms with Crippen LogP contribution in [0.1, 0.15) is 52.6 Å². The number of hydrogen-bond donors (Lipinski definition) is 2. The Bertz CT molecular complexity index is 1660. The van der Waals surface area contributed by atoms with Crippen molar-refractivity contribution >= 4 is 33.1 Å². The Morgan fingerprint density at radius 1 is 1.03 bits per heavy atom. The van der Waals surface area contributed by atoms with Crippen LogP contribution in [0, 0.1) is 6.92 Å². The lowest BCUT2D eigenvalue weighted by Gasteiger charge is -2.12. The molecule has 4 aromatic rings. The van der Waals surface area contributed by atoms with Crippen LogP contribution >= 0.6 is 0 Å². The highest BCUT2D eigenvalue weighted by atomic mass is 32.2. The Morgan fingerprint density at radius 2 is 1.64 bits per heavy atom. The van der Waals surface area contributed by atoms with Gasteiger partial charge in [-0.3, -0.25) is 14.4 Å². The largest absolute Gasteiger partial charge is 0.481 e. The molecular formula is C28H28N4O6S. The minimum Gasteiger partial charge on any atom is -0.481 e. The van der Waals surface area contributed by atoms with E-state index in [4.69, 9.17) is 10.5 Å². The normalized spacial score (nSPS) is 11.5. The van der Waals surface area contributed by atoms with Gasteiger partial charge in [0.05, 0.1) is 21.8 Å². The number of aromatic nitrogens is 2. The van der Waals surface area contributed by atoms with E-state index >= 15 is 0 Å². The molecule has 10 nitrogen and oxygen atoms in total. The second-order valence-corrected chi connectivity index (χ2v) is 11.0. The highest BCUT2D eigenvalue weighted by Gasteiger charge is 2.31. The number of primary amides is 1. The van der Waals surface area contributed by atoms with E-state index in [1.807, 2.05) is 48.9 Å². The minimum atomic E-state index is -4.11. The maximum atomic E-state index is 13.1. The molecule has 0 aliphatic rings. The van der Waals surface area contributed by atoms with Gasteiger partial charge in [0.15, 0.2) is 6.61 Å². The summed E-state index contributed by atoms with van der Waals surface area (Å²) in [7, 11) is -4.11. The average molecular weight is 549 g/mol. The summed E-state index contributed by atoms with van der Waals surface area (Å²) in [6.07, 6.45) is 0.396. The van der Waals surface area contributed by atoms with Gasteiger partial charge in [-0.15, -0.1) is 0 Å². The predicted octanol–water partition coefficient (Wildman–Crippen LogP) is 2.91. The van der Waals surface area contributed by atoms with E-state index in [-0.39, 0.29) is 27.6 Å². The molecule has 4 rings (SSSR count). The summed E-state index contributed by atoms with van der Waals surface area (Å²) in [5, 5.41) is 4.60. The Morgan fingerprint density at radius 3 is 2.23 bits per heavy atom. The molecule has 2 heterocycles. The Hall–Kier alpha value is -4.51. The monoisotopic (exact) mass is 548 g/mol. The molecular weight excluding hydrogens is 520 g/mol. The van der Waals surface area contributed by atoms with Crippen molar-refractivity contribution in [3.63, 3.8) is 0 Å². The van der Waals surface area contributed by atoms with E-state index in [2.05, 4.69) is 5.10 Å². The second kappa shape index (κ2) is 11.1. The zero-order valence-corrected chi connectivity index (χ0v) is 22.5. The smallest absolute Gasteiger partial charge is 0.289 e. The number of Topliss-reactive ketones (excluding diaryl/α,β-unsaturated/α-hetero) is 1. The number of fused-ring (bicyclic) bond motifs is 1. The van der Waals surface area contributed by atoms with Crippen LogP contribution in [-0.2, 0) is 26.0 Å². The van der Waals surface area contributed by atoms with Gasteiger partial charge in [0, 0.05) is 12.5 Å². The van der Waals surface area contributed by atoms with Gasteiger partial charge in [-0.25, -0.2) is 17.7 Å². The number of amides is 2. The number of ether oxygens (including phenoxy) is 1. The lowest BCUT2D eigenvalue weighted by Crippen LogP contribution is -2.34. The fourth-order valence-corrected chi connectivity index (χ4v) is 5.43. The molecule has 11 heteroatoms. The lowest BCUT2D eigenvalue weighted by atomic mass is 9.93. The molecule has 3 N–H and O–H groups in total. The number of rotatable bonds is 10. The van der Waals surface area contributed by atoms with Crippen LogP contribution in [0.4, 0.5) is 0 Å². The summed E-state index contributed by atoms with van der Waals surface area (Å²) in [4.78, 5) is 37.8. The number of nitrogens with two attached hydrogens (primary N) is 1. The zero-order valence-electron chi connectivity index (χ0n) is 21.7. The molecule has 0 fully saturated rings. The van der Waals surface area contributed by atoms with Gasteiger partial charge >= 0.3 is 0 Å². The van der Waals surface area contributed by atoms with Crippen molar-refractivity contribution in [2.24, 2.45) is 5.73 Å². The van der Waals surface area contributed by atoms with Crippen molar-refractivity contribution in [2.45, 2.75) is 38.0 Å². The summed E-state index contributed by atoms with van der Waals surface area (Å²) in [6.45, 7) is 4.81. The quantitative estimate of drug-likeness (QED) is 0.228. The molecule has 0 aliphatic heterocycles. The topological polar surface area (TPSA) is 150 Å². The summed E-state index contributed by atoms with van der Waals surface area (Å²) in [5.74, 6) is -3.10. The second-order valence-electron chi connectivity index (χ2n) is 9.29. The molecule has 0 radical (unpaired) electrons. The fourth-order valence-electron chi connectivity index (χ4n) is 4.43. The summed E-state index contributed by atoms with van der Waals surface area (Å²) < 4.78 is 34.4. The number of ketones is 1. The fraction of sp³-hybridized carbons (Fsp3) is 0.214. The number of benzene rings is 2. The first kappa shape index (κ1) is 27.5. The molecule has 2 aromatic carbocycles. The van der Waals surface area contributed by atoms with E-state index in [1.54, 1.807) is 17.5 Å². The SMILES string of the molecule is Cc1cc(OCC(=O)NS(=O)(=O)c2ccccc2)c2c(C(=O)C(N)=O)c(C(C)C)c(Cc3ccccc3)n2n1. The molecule has 0 saturated carbocycles. The minimum absolute atomic E-state index is 0.0447. The Balaban J connectivity index is 1.79. The average Bonchev–Trinajstić information content (AvgIpc) is 3.21. The molecule has 2 amide bonds. The van der Waals surface area contributed by atoms with E-state index in [9.17, 15) is 22.8 Å². The standard InChI is InChI=1S/C28H28N4O6S/c1-17(2)24-21(15-19-10-6-4-7-11-19)32-26(25(24)27(34)28(29)35)22(14-18(3)30-32)38-16-23(33)31-39(36,37)20-12-8-5-9-13-20/h4-14,17H,15-16H2,1-3H3,(H2,29,35)(H,31,33). The first-order valence-electron chi connectivity index (χ1n) is 12.2. The summed E-state index contributed by atoms with van der Waals surface area (Å²) in [6, 6.07) is 18.5. The van der Waals surface area contributed by atoms with Gasteiger partial charge < -0.3 is 10.5 Å². The van der Waals surface area contributed by atoms with Crippen molar-refractivity contribution in [1.29, 1.82) is 0 Å². The number of aryl methyl sites for hydroxylation is 1. The molecule has 0 saturated heterocycles. The molecule has 0 unspecified atom stereocenters. The third-order valence-electron chi connectivity index (χ3n) is 6.02. The first-order chi connectivity index (χ1) is 18.5. The molecule has 2 aromatic heterocycles. The first-order valence-corrected chi connectivity index (χ1v) is 13.6. The van der Waals surface area contributed by atoms with Crippen LogP contribution in [0.15, 0.2) is 71.6 Å². The van der Waals surface area contributed by atoms with Gasteiger partial charge in [0.25, 0.3) is 27.6 Å². The van der Waals surface area contributed by atoms with Gasteiger partial charge in [-0.1, -0.05) is 62.4 Å². The van der Waals surface area contributed by atoms with Gasteiger partial charge in [0.1, 0.15) is 11.3 Å². The molecule has 39 heavy (non-hydrogen) atoms.